The second kappa shape index (κ2) is 8.84. The minimum atomic E-state index is -5.70. The molecule has 3 nitrogen and oxygen atoms in total. The van der Waals surface area contributed by atoms with Crippen molar-refractivity contribution >= 4 is 31.2 Å². The maximum Gasteiger partial charge on any atom is 0.523 e. The fraction of sp³-hybridized carbons (Fsp3) is 0.474. The molecular formula is C19H25F3O3S2. The number of halogens is 3. The molecule has 152 valence electrons. The number of fused-ring (bicyclic) bond motifs is 1. The zero-order chi connectivity index (χ0) is 20.1. The number of hydrogen-bond acceptors (Lipinski definition) is 3. The van der Waals surface area contributed by atoms with Crippen LogP contribution in [0.15, 0.2) is 47.4 Å². The molecule has 0 atom stereocenters. The van der Waals surface area contributed by atoms with E-state index in [9.17, 15) is 21.6 Å². The number of unbranched alkanes of at least 4 members (excludes halogenated alkanes) is 2. The molecule has 0 aliphatic heterocycles. The third-order valence-corrected chi connectivity index (χ3v) is 9.69. The van der Waals surface area contributed by atoms with Crippen LogP contribution in [0.3, 0.4) is 0 Å². The third kappa shape index (κ3) is 4.97. The fourth-order valence-corrected chi connectivity index (χ4v) is 8.50. The molecule has 0 unspecified atom stereocenters. The fourth-order valence-electron chi connectivity index (χ4n) is 2.91. The van der Waals surface area contributed by atoms with Crippen LogP contribution >= 0.6 is 10.3 Å². The predicted molar refractivity (Wildman–Crippen MR) is 105 cm³/mol. The summed E-state index contributed by atoms with van der Waals surface area (Å²) in [6.07, 6.45) is 2.66. The highest BCUT2D eigenvalue weighted by Crippen LogP contribution is 2.62. The lowest BCUT2D eigenvalue weighted by atomic mass is 10.1. The quantitative estimate of drug-likeness (QED) is 0.440. The van der Waals surface area contributed by atoms with E-state index in [1.165, 1.54) is 0 Å². The Morgan fingerprint density at radius 1 is 0.889 bits per heavy atom. The van der Waals surface area contributed by atoms with Crippen LogP contribution in [0.1, 0.15) is 39.5 Å². The van der Waals surface area contributed by atoms with E-state index in [1.807, 2.05) is 38.1 Å². The Bertz CT molecular complexity index is 851. The van der Waals surface area contributed by atoms with E-state index < -0.39 is 25.9 Å². The molecule has 0 bridgehead atoms. The lowest BCUT2D eigenvalue weighted by Crippen LogP contribution is -2.29. The Kier molecular flexibility index (Phi) is 7.21. The van der Waals surface area contributed by atoms with Crippen molar-refractivity contribution in [3.05, 3.63) is 42.5 Å². The Morgan fingerprint density at radius 2 is 1.44 bits per heavy atom. The van der Waals surface area contributed by atoms with Crippen LogP contribution in [0.25, 0.3) is 10.8 Å². The molecule has 0 aliphatic carbocycles. The first-order valence-corrected chi connectivity index (χ1v) is 12.3. The van der Waals surface area contributed by atoms with E-state index in [1.54, 1.807) is 18.2 Å². The minimum absolute atomic E-state index is 0.285. The zero-order valence-electron chi connectivity index (χ0n) is 15.5. The molecule has 0 aromatic heterocycles. The van der Waals surface area contributed by atoms with E-state index >= 15 is 0 Å². The number of rotatable bonds is 9. The van der Waals surface area contributed by atoms with Gasteiger partial charge in [-0.05, 0) is 29.7 Å². The van der Waals surface area contributed by atoms with Crippen molar-refractivity contribution in [3.63, 3.8) is 0 Å². The molecule has 0 heterocycles. The molecule has 2 aromatic carbocycles. The second-order valence-corrected chi connectivity index (χ2v) is 11.2. The zero-order valence-corrected chi connectivity index (χ0v) is 17.1. The largest absolute Gasteiger partial charge is 0.523 e. The van der Waals surface area contributed by atoms with Crippen LogP contribution in [0.5, 0.6) is 0 Å². The van der Waals surface area contributed by atoms with Gasteiger partial charge in [-0.25, -0.2) is 3.63 Å². The molecule has 27 heavy (non-hydrogen) atoms. The van der Waals surface area contributed by atoms with Gasteiger partial charge in [-0.1, -0.05) is 73.4 Å². The molecule has 0 aliphatic rings. The Labute approximate surface area is 160 Å². The van der Waals surface area contributed by atoms with Crippen molar-refractivity contribution in [3.8, 4) is 0 Å². The highest BCUT2D eigenvalue weighted by Gasteiger charge is 2.51. The average molecular weight is 423 g/mol. The summed E-state index contributed by atoms with van der Waals surface area (Å²) in [5.41, 5.74) is -5.44. The van der Waals surface area contributed by atoms with Gasteiger partial charge >= 0.3 is 15.6 Å². The normalized spacial score (nSPS) is 13.8. The summed E-state index contributed by atoms with van der Waals surface area (Å²) in [5.74, 6) is 0.569. The molecule has 0 saturated carbocycles. The molecule has 0 radical (unpaired) electrons. The Balaban J connectivity index is 2.69. The van der Waals surface area contributed by atoms with Gasteiger partial charge in [0, 0.05) is 16.4 Å². The molecule has 8 heteroatoms. The van der Waals surface area contributed by atoms with Gasteiger partial charge in [0.05, 0.1) is 0 Å². The first kappa shape index (κ1) is 22.0. The maximum atomic E-state index is 13.1. The second-order valence-electron chi connectivity index (χ2n) is 6.37. The van der Waals surface area contributed by atoms with Crippen LogP contribution in [-0.2, 0) is 13.7 Å². The molecule has 0 fully saturated rings. The standard InChI is InChI=1S/C19H25F3O3S2/c1-3-5-14-26(15-6-4-2,25-27(23,24)19(20,21)22)18-13-9-11-16-10-7-8-12-17(16)18/h7-13H,3-6,14-15H2,1-2H3. The summed E-state index contributed by atoms with van der Waals surface area (Å²) in [7, 11) is -8.37. The van der Waals surface area contributed by atoms with Gasteiger partial charge < -0.3 is 0 Å². The number of alkyl halides is 3. The molecule has 0 saturated heterocycles. The van der Waals surface area contributed by atoms with E-state index in [2.05, 4.69) is 0 Å². The summed E-state index contributed by atoms with van der Waals surface area (Å²) in [4.78, 5) is 0.579. The smallest absolute Gasteiger partial charge is 0.209 e. The summed E-state index contributed by atoms with van der Waals surface area (Å²) >= 11 is 0. The van der Waals surface area contributed by atoms with Gasteiger partial charge in [-0.15, -0.1) is 0 Å². The molecule has 2 rings (SSSR count). The summed E-state index contributed by atoms with van der Waals surface area (Å²) in [6.45, 7) is 3.84. The first-order chi connectivity index (χ1) is 12.7. The van der Waals surface area contributed by atoms with Crippen LogP contribution in [0, 0.1) is 0 Å². The molecular weight excluding hydrogens is 397 g/mol. The van der Waals surface area contributed by atoms with E-state index in [4.69, 9.17) is 3.63 Å². The van der Waals surface area contributed by atoms with Crippen molar-refractivity contribution in [1.82, 2.24) is 0 Å². The maximum absolute atomic E-state index is 13.1. The number of benzene rings is 2. The SMILES string of the molecule is CCCCS(CCCC)(OS(=O)(=O)C(F)(F)F)c1cccc2ccccc12. The number of hydrogen-bond donors (Lipinski definition) is 0. The lowest BCUT2D eigenvalue weighted by molar-refractivity contribution is -0.0496. The van der Waals surface area contributed by atoms with Gasteiger partial charge in [-0.3, -0.25) is 0 Å². The van der Waals surface area contributed by atoms with Crippen LogP contribution in [-0.4, -0.2) is 25.4 Å². The van der Waals surface area contributed by atoms with Crippen molar-refractivity contribution in [2.75, 3.05) is 11.5 Å². The monoisotopic (exact) mass is 422 g/mol. The van der Waals surface area contributed by atoms with E-state index in [-0.39, 0.29) is 11.5 Å². The van der Waals surface area contributed by atoms with Crippen LogP contribution in [0.4, 0.5) is 13.2 Å². The Hall–Kier alpha value is -1.25. The molecule has 2 aromatic rings. The van der Waals surface area contributed by atoms with E-state index in [0.717, 1.165) is 23.6 Å². The highest BCUT2D eigenvalue weighted by atomic mass is 32.3. The van der Waals surface area contributed by atoms with Gasteiger partial charge in [0.15, 0.2) is 0 Å². The molecule has 0 spiro atoms. The van der Waals surface area contributed by atoms with Gasteiger partial charge in [0.2, 0.25) is 0 Å². The van der Waals surface area contributed by atoms with Gasteiger partial charge in [0.25, 0.3) is 0 Å². The van der Waals surface area contributed by atoms with Crippen molar-refractivity contribution in [2.45, 2.75) is 49.9 Å². The van der Waals surface area contributed by atoms with Crippen molar-refractivity contribution in [1.29, 1.82) is 0 Å². The third-order valence-electron chi connectivity index (χ3n) is 4.31. The lowest BCUT2D eigenvalue weighted by Gasteiger charge is -2.39. The first-order valence-electron chi connectivity index (χ1n) is 8.95. The summed E-state index contributed by atoms with van der Waals surface area (Å²) in [5, 5.41) is 1.60. The van der Waals surface area contributed by atoms with E-state index in [0.29, 0.717) is 17.7 Å². The average Bonchev–Trinajstić information content (AvgIpc) is 2.62. The van der Waals surface area contributed by atoms with Gasteiger partial charge in [0.1, 0.15) is 0 Å². The van der Waals surface area contributed by atoms with Crippen molar-refractivity contribution in [2.24, 2.45) is 0 Å². The van der Waals surface area contributed by atoms with Crippen LogP contribution < -0.4 is 0 Å². The minimum Gasteiger partial charge on any atom is -0.209 e. The van der Waals surface area contributed by atoms with Crippen LogP contribution in [0.2, 0.25) is 0 Å². The molecule has 0 amide bonds. The van der Waals surface area contributed by atoms with Gasteiger partial charge in [-0.2, -0.15) is 21.6 Å². The molecule has 0 N–H and O–H groups in total. The topological polar surface area (TPSA) is 43.4 Å². The predicted octanol–water partition coefficient (Wildman–Crippen LogP) is 6.38. The summed E-state index contributed by atoms with van der Waals surface area (Å²) < 4.78 is 68.5. The Morgan fingerprint density at radius 3 is 2.00 bits per heavy atom. The van der Waals surface area contributed by atoms with Crippen molar-refractivity contribution < 1.29 is 25.2 Å². The summed E-state index contributed by atoms with van der Waals surface area (Å²) in [6, 6.07) is 12.6. The highest BCUT2D eigenvalue weighted by molar-refractivity contribution is 8.33.